The highest BCUT2D eigenvalue weighted by molar-refractivity contribution is 6.77. The van der Waals surface area contributed by atoms with Crippen molar-refractivity contribution in [1.82, 2.24) is 5.32 Å². The normalized spacial score (nSPS) is 17.3. The molecule has 1 heterocycles. The molecule has 1 fully saturated rings. The van der Waals surface area contributed by atoms with Crippen molar-refractivity contribution in [3.63, 3.8) is 0 Å². The van der Waals surface area contributed by atoms with E-state index in [1.54, 1.807) is 0 Å². The summed E-state index contributed by atoms with van der Waals surface area (Å²) in [7, 11) is -1.02. The molecule has 1 aliphatic heterocycles. The Morgan fingerprint density at radius 2 is 1.58 bits per heavy atom. The van der Waals surface area contributed by atoms with E-state index in [0.717, 1.165) is 12.8 Å². The monoisotopic (exact) mass is 383 g/mol. The van der Waals surface area contributed by atoms with E-state index in [9.17, 15) is 9.59 Å². The van der Waals surface area contributed by atoms with E-state index in [1.807, 2.05) is 0 Å². The molecule has 5 heteroatoms. The number of hydrogen-bond donors (Lipinski definition) is 1. The van der Waals surface area contributed by atoms with Crippen molar-refractivity contribution < 1.29 is 14.3 Å². The first-order valence-corrected chi connectivity index (χ1v) is 14.3. The summed E-state index contributed by atoms with van der Waals surface area (Å²) in [6.45, 7) is 7.77. The Hall–Kier alpha value is -0.843. The smallest absolute Gasteiger partial charge is 0.328 e. The van der Waals surface area contributed by atoms with Crippen molar-refractivity contribution in [3.05, 3.63) is 0 Å². The van der Waals surface area contributed by atoms with Crippen LogP contribution in [0.3, 0.4) is 0 Å². The van der Waals surface area contributed by atoms with E-state index in [2.05, 4.69) is 25.3 Å². The van der Waals surface area contributed by atoms with E-state index < -0.39 is 14.1 Å². The number of ether oxygens (including phenoxy) is 1. The van der Waals surface area contributed by atoms with Gasteiger partial charge in [-0.25, -0.2) is 4.79 Å². The molecule has 1 saturated heterocycles. The molecule has 0 bridgehead atoms. The van der Waals surface area contributed by atoms with Crippen molar-refractivity contribution in [2.75, 3.05) is 6.61 Å². The molecule has 0 aliphatic carbocycles. The molecular weight excluding hydrogens is 342 g/mol. The lowest BCUT2D eigenvalue weighted by atomic mass is 10.1. The van der Waals surface area contributed by atoms with E-state index in [4.69, 9.17) is 4.74 Å². The summed E-state index contributed by atoms with van der Waals surface area (Å²) >= 11 is 0. The molecule has 152 valence electrons. The van der Waals surface area contributed by atoms with Gasteiger partial charge in [-0.2, -0.15) is 0 Å². The highest BCUT2D eigenvalue weighted by atomic mass is 28.3. The first-order valence-electron chi connectivity index (χ1n) is 10.9. The summed E-state index contributed by atoms with van der Waals surface area (Å²) in [6.07, 6.45) is 14.1. The molecule has 1 aliphatic rings. The zero-order valence-corrected chi connectivity index (χ0v) is 18.4. The molecule has 0 saturated carbocycles. The number of unbranched alkanes of at least 4 members (excludes halogenated alkanes) is 8. The predicted octanol–water partition coefficient (Wildman–Crippen LogP) is 5.44. The molecule has 1 N–H and O–H groups in total. The van der Waals surface area contributed by atoms with Crippen LogP contribution in [0.25, 0.3) is 0 Å². The van der Waals surface area contributed by atoms with Crippen LogP contribution in [0.4, 0.5) is 0 Å². The van der Waals surface area contributed by atoms with Gasteiger partial charge in [0.15, 0.2) is 0 Å². The molecule has 1 amide bonds. The van der Waals surface area contributed by atoms with Crippen LogP contribution in [0.5, 0.6) is 0 Å². The Labute approximate surface area is 161 Å². The summed E-state index contributed by atoms with van der Waals surface area (Å²) in [4.78, 5) is 23.2. The van der Waals surface area contributed by atoms with Crippen LogP contribution in [0.15, 0.2) is 0 Å². The fourth-order valence-corrected chi connectivity index (χ4v) is 6.31. The van der Waals surface area contributed by atoms with Crippen molar-refractivity contribution in [1.29, 1.82) is 0 Å². The minimum absolute atomic E-state index is 0.00775. The first kappa shape index (κ1) is 23.2. The lowest BCUT2D eigenvalue weighted by Gasteiger charge is -2.22. The molecule has 1 unspecified atom stereocenters. The van der Waals surface area contributed by atoms with Crippen molar-refractivity contribution in [2.45, 2.75) is 115 Å². The average Bonchev–Trinajstić information content (AvgIpc) is 2.99. The third-order valence-corrected chi connectivity index (χ3v) is 8.90. The zero-order chi connectivity index (χ0) is 19.3. The first-order chi connectivity index (χ1) is 12.4. The third kappa shape index (κ3) is 11.0. The predicted molar refractivity (Wildman–Crippen MR) is 111 cm³/mol. The second kappa shape index (κ2) is 13.3. The largest absolute Gasteiger partial charge is 0.464 e. The summed E-state index contributed by atoms with van der Waals surface area (Å²) < 4.78 is 4.86. The summed E-state index contributed by atoms with van der Waals surface area (Å²) in [5.74, 6) is -0.289. The summed E-state index contributed by atoms with van der Waals surface area (Å²) in [5.41, 5.74) is 0. The van der Waals surface area contributed by atoms with Crippen molar-refractivity contribution >= 4 is 20.0 Å². The minimum Gasteiger partial charge on any atom is -0.464 e. The van der Waals surface area contributed by atoms with E-state index in [1.165, 1.54) is 63.5 Å². The number of rotatable bonds is 15. The Kier molecular flexibility index (Phi) is 11.9. The topological polar surface area (TPSA) is 55.4 Å². The number of cyclic esters (lactones) is 1. The standard InChI is InChI=1S/C21H41NO3Si/c1-4-5-6-7-9-12-17-26(2,3)18-13-10-8-11-14-20(23)22-19-15-16-25-21(19)24/h19H,4-18H2,1-3H3,(H,22,23). The number of amides is 1. The second-order valence-electron chi connectivity index (χ2n) is 8.67. The van der Waals surface area contributed by atoms with Gasteiger partial charge in [-0.15, -0.1) is 0 Å². The number of nitrogens with one attached hydrogen (secondary N) is 1. The molecule has 0 aromatic carbocycles. The van der Waals surface area contributed by atoms with E-state index in [-0.39, 0.29) is 11.9 Å². The Balaban J connectivity index is 1.96. The van der Waals surface area contributed by atoms with Gasteiger partial charge in [0.1, 0.15) is 6.04 Å². The highest BCUT2D eigenvalue weighted by Crippen LogP contribution is 2.23. The van der Waals surface area contributed by atoms with Gasteiger partial charge in [-0.3, -0.25) is 4.79 Å². The van der Waals surface area contributed by atoms with Crippen LogP contribution in [0.1, 0.15) is 84.0 Å². The summed E-state index contributed by atoms with van der Waals surface area (Å²) in [6, 6.07) is 2.48. The third-order valence-electron chi connectivity index (χ3n) is 5.49. The fourth-order valence-electron chi connectivity index (χ4n) is 3.64. The van der Waals surface area contributed by atoms with Gasteiger partial charge in [0.2, 0.25) is 5.91 Å². The van der Waals surface area contributed by atoms with Crippen LogP contribution in [-0.4, -0.2) is 32.6 Å². The number of carbonyl (C=O) groups excluding carboxylic acids is 2. The molecule has 0 aromatic rings. The molecule has 0 aromatic heterocycles. The van der Waals surface area contributed by atoms with Crippen LogP contribution in [0, 0.1) is 0 Å². The van der Waals surface area contributed by atoms with Gasteiger partial charge in [0.05, 0.1) is 6.61 Å². The number of carbonyl (C=O) groups is 2. The van der Waals surface area contributed by atoms with Gasteiger partial charge < -0.3 is 10.1 Å². The van der Waals surface area contributed by atoms with Crippen LogP contribution in [0.2, 0.25) is 25.2 Å². The minimum atomic E-state index is -1.02. The summed E-state index contributed by atoms with van der Waals surface area (Å²) in [5, 5.41) is 2.78. The van der Waals surface area contributed by atoms with Gasteiger partial charge in [-0.1, -0.05) is 89.9 Å². The molecule has 0 radical (unpaired) electrons. The van der Waals surface area contributed by atoms with Gasteiger partial charge in [-0.05, 0) is 6.42 Å². The van der Waals surface area contributed by atoms with E-state index >= 15 is 0 Å². The molecule has 26 heavy (non-hydrogen) atoms. The quantitative estimate of drug-likeness (QED) is 0.233. The molecule has 1 rings (SSSR count). The SMILES string of the molecule is CCCCCCCC[Si](C)(C)CCCCCCC(=O)NC1CCOC1=O. The maximum absolute atomic E-state index is 11.8. The van der Waals surface area contributed by atoms with Crippen LogP contribution < -0.4 is 5.32 Å². The molecular formula is C21H41NO3Si. The van der Waals surface area contributed by atoms with Crippen molar-refractivity contribution in [3.8, 4) is 0 Å². The van der Waals surface area contributed by atoms with Crippen molar-refractivity contribution in [2.24, 2.45) is 0 Å². The lowest BCUT2D eigenvalue weighted by molar-refractivity contribution is -0.141. The van der Waals surface area contributed by atoms with Crippen LogP contribution >= 0.6 is 0 Å². The maximum Gasteiger partial charge on any atom is 0.328 e. The van der Waals surface area contributed by atoms with Crippen LogP contribution in [-0.2, 0) is 14.3 Å². The second-order valence-corrected chi connectivity index (χ2v) is 14.0. The molecule has 4 nitrogen and oxygen atoms in total. The van der Waals surface area contributed by atoms with Gasteiger partial charge in [0.25, 0.3) is 0 Å². The maximum atomic E-state index is 11.8. The van der Waals surface area contributed by atoms with Gasteiger partial charge in [0, 0.05) is 20.9 Å². The van der Waals surface area contributed by atoms with E-state index in [0.29, 0.717) is 19.4 Å². The number of hydrogen-bond acceptors (Lipinski definition) is 3. The molecule has 0 spiro atoms. The highest BCUT2D eigenvalue weighted by Gasteiger charge is 2.27. The Morgan fingerprint density at radius 1 is 1.00 bits per heavy atom. The average molecular weight is 384 g/mol. The number of esters is 1. The lowest BCUT2D eigenvalue weighted by Crippen LogP contribution is -2.37. The zero-order valence-electron chi connectivity index (χ0n) is 17.4. The molecule has 1 atom stereocenters. The Morgan fingerprint density at radius 3 is 2.15 bits per heavy atom. The van der Waals surface area contributed by atoms with Gasteiger partial charge >= 0.3 is 5.97 Å². The Bertz CT molecular complexity index is 412. The fraction of sp³-hybridized carbons (Fsp3) is 0.905.